The van der Waals surface area contributed by atoms with E-state index in [9.17, 15) is 0 Å². The van der Waals surface area contributed by atoms with E-state index in [0.717, 1.165) is 82.6 Å². The maximum absolute atomic E-state index is 5.47. The van der Waals surface area contributed by atoms with Crippen LogP contribution in [0.3, 0.4) is 0 Å². The molecule has 1 atom stereocenters. The van der Waals surface area contributed by atoms with Gasteiger partial charge in [0, 0.05) is 63.6 Å². The quantitative estimate of drug-likeness (QED) is 0.614. The van der Waals surface area contributed by atoms with Gasteiger partial charge in [0.2, 0.25) is 5.95 Å². The second-order valence-corrected chi connectivity index (χ2v) is 9.00. The Hall–Kier alpha value is -2.61. The molecule has 2 aromatic heterocycles. The maximum Gasteiger partial charge on any atom is 0.225 e. The first-order chi connectivity index (χ1) is 15.7. The van der Waals surface area contributed by atoms with Gasteiger partial charge in [0.15, 0.2) is 0 Å². The smallest absolute Gasteiger partial charge is 0.225 e. The number of nitrogens with zero attached hydrogens (tertiary/aromatic N) is 6. The average Bonchev–Trinajstić information content (AvgIpc) is 3.00. The van der Waals surface area contributed by atoms with Crippen LogP contribution in [0.2, 0.25) is 0 Å². The SMILES string of the molecule is CN1CCN(Cc2ccnc(N3CCOCC3)n2)C[C@H](Cc2cccc3ncccc23)C1. The second-order valence-electron chi connectivity index (χ2n) is 9.00. The lowest BCUT2D eigenvalue weighted by molar-refractivity contribution is 0.122. The van der Waals surface area contributed by atoms with Crippen LogP contribution in [0.1, 0.15) is 11.3 Å². The molecule has 0 spiro atoms. The summed E-state index contributed by atoms with van der Waals surface area (Å²) in [5, 5.41) is 1.28. The lowest BCUT2D eigenvalue weighted by Crippen LogP contribution is -2.37. The number of fused-ring (bicyclic) bond motifs is 1. The number of aromatic nitrogens is 3. The van der Waals surface area contributed by atoms with Gasteiger partial charge in [-0.25, -0.2) is 9.97 Å². The standard InChI is InChI=1S/C25H32N6O/c1-29-10-11-30(19-22-7-9-27-25(28-22)31-12-14-32-15-13-31)18-20(17-29)16-21-4-2-6-24-23(21)5-3-8-26-24/h2-9,20H,10-19H2,1H3/t20-/m1/s1. The van der Waals surface area contributed by atoms with Gasteiger partial charge < -0.3 is 14.5 Å². The fourth-order valence-corrected chi connectivity index (χ4v) is 4.90. The number of pyridine rings is 1. The molecule has 2 aliphatic rings. The number of rotatable bonds is 5. The largest absolute Gasteiger partial charge is 0.378 e. The fourth-order valence-electron chi connectivity index (χ4n) is 4.90. The van der Waals surface area contributed by atoms with Gasteiger partial charge in [-0.1, -0.05) is 18.2 Å². The van der Waals surface area contributed by atoms with E-state index in [-0.39, 0.29) is 0 Å². The van der Waals surface area contributed by atoms with E-state index in [4.69, 9.17) is 9.72 Å². The van der Waals surface area contributed by atoms with Gasteiger partial charge in [0.05, 0.1) is 24.4 Å². The van der Waals surface area contributed by atoms with Gasteiger partial charge in [-0.15, -0.1) is 0 Å². The lowest BCUT2D eigenvalue weighted by atomic mass is 9.95. The normalized spacial score (nSPS) is 21.0. The van der Waals surface area contributed by atoms with Gasteiger partial charge in [-0.05, 0) is 43.1 Å². The minimum atomic E-state index is 0.564. The highest BCUT2D eigenvalue weighted by Gasteiger charge is 2.23. The van der Waals surface area contributed by atoms with Gasteiger partial charge >= 0.3 is 0 Å². The van der Waals surface area contributed by atoms with Crippen molar-refractivity contribution in [1.82, 2.24) is 24.8 Å². The summed E-state index contributed by atoms with van der Waals surface area (Å²) < 4.78 is 5.47. The molecular formula is C25H32N6O. The van der Waals surface area contributed by atoms with Crippen LogP contribution in [-0.2, 0) is 17.7 Å². The van der Waals surface area contributed by atoms with E-state index in [1.165, 1.54) is 10.9 Å². The summed E-state index contributed by atoms with van der Waals surface area (Å²) in [5.74, 6) is 1.39. The zero-order valence-electron chi connectivity index (χ0n) is 18.9. The first-order valence-corrected chi connectivity index (χ1v) is 11.6. The van der Waals surface area contributed by atoms with Gasteiger partial charge in [0.1, 0.15) is 0 Å². The third kappa shape index (κ3) is 5.06. The summed E-state index contributed by atoms with van der Waals surface area (Å²) in [6.07, 6.45) is 4.84. The molecule has 0 amide bonds. The summed E-state index contributed by atoms with van der Waals surface area (Å²) in [5.41, 5.74) is 3.58. The third-order valence-electron chi connectivity index (χ3n) is 6.51. The minimum Gasteiger partial charge on any atom is -0.378 e. The molecular weight excluding hydrogens is 400 g/mol. The number of likely N-dealkylation sites (N-methyl/N-ethyl adjacent to an activating group) is 1. The minimum absolute atomic E-state index is 0.564. The van der Waals surface area contributed by atoms with Crippen LogP contribution in [0, 0.1) is 5.92 Å². The summed E-state index contributed by atoms with van der Waals surface area (Å²) in [7, 11) is 2.24. The summed E-state index contributed by atoms with van der Waals surface area (Å²) in [6, 6.07) is 12.8. The van der Waals surface area contributed by atoms with E-state index in [2.05, 4.69) is 62.0 Å². The zero-order chi connectivity index (χ0) is 21.8. The average molecular weight is 433 g/mol. The molecule has 2 fully saturated rings. The predicted octanol–water partition coefficient (Wildman–Crippen LogP) is 2.47. The number of benzene rings is 1. The van der Waals surface area contributed by atoms with E-state index >= 15 is 0 Å². The van der Waals surface area contributed by atoms with Crippen LogP contribution >= 0.6 is 0 Å². The Morgan fingerprint density at radius 2 is 1.84 bits per heavy atom. The Kier molecular flexibility index (Phi) is 6.57. The molecule has 5 rings (SSSR count). The van der Waals surface area contributed by atoms with Crippen molar-refractivity contribution in [2.75, 3.05) is 64.4 Å². The Morgan fingerprint density at radius 1 is 0.938 bits per heavy atom. The third-order valence-corrected chi connectivity index (χ3v) is 6.51. The molecule has 0 saturated carbocycles. The van der Waals surface area contributed by atoms with E-state index in [1.807, 2.05) is 18.5 Å². The van der Waals surface area contributed by atoms with Crippen molar-refractivity contribution in [3.8, 4) is 0 Å². The molecule has 3 aromatic rings. The van der Waals surface area contributed by atoms with E-state index in [1.54, 1.807) is 0 Å². The zero-order valence-corrected chi connectivity index (χ0v) is 18.9. The molecule has 0 unspecified atom stereocenters. The number of hydrogen-bond donors (Lipinski definition) is 0. The van der Waals surface area contributed by atoms with Crippen molar-refractivity contribution >= 4 is 16.9 Å². The molecule has 2 aliphatic heterocycles. The molecule has 0 N–H and O–H groups in total. The van der Waals surface area contributed by atoms with Crippen LogP contribution in [0.25, 0.3) is 10.9 Å². The summed E-state index contributed by atoms with van der Waals surface area (Å²) in [4.78, 5) is 21.2. The molecule has 7 nitrogen and oxygen atoms in total. The van der Waals surface area contributed by atoms with Crippen LogP contribution in [0.5, 0.6) is 0 Å². The maximum atomic E-state index is 5.47. The number of anilines is 1. The Labute approximate surface area is 190 Å². The lowest BCUT2D eigenvalue weighted by Gasteiger charge is -2.27. The fraction of sp³-hybridized carbons (Fsp3) is 0.480. The molecule has 168 valence electrons. The molecule has 0 bridgehead atoms. The Balaban J connectivity index is 1.30. The van der Waals surface area contributed by atoms with Crippen molar-refractivity contribution in [2.24, 2.45) is 5.92 Å². The molecule has 1 aromatic carbocycles. The van der Waals surface area contributed by atoms with Crippen molar-refractivity contribution < 1.29 is 4.74 Å². The Morgan fingerprint density at radius 3 is 2.75 bits per heavy atom. The predicted molar refractivity (Wildman–Crippen MR) is 127 cm³/mol. The molecule has 0 radical (unpaired) electrons. The molecule has 0 aliphatic carbocycles. The highest BCUT2D eigenvalue weighted by molar-refractivity contribution is 5.81. The van der Waals surface area contributed by atoms with E-state index in [0.29, 0.717) is 5.92 Å². The van der Waals surface area contributed by atoms with Gasteiger partial charge in [-0.3, -0.25) is 9.88 Å². The topological polar surface area (TPSA) is 57.6 Å². The van der Waals surface area contributed by atoms with Crippen molar-refractivity contribution in [1.29, 1.82) is 0 Å². The van der Waals surface area contributed by atoms with E-state index < -0.39 is 0 Å². The van der Waals surface area contributed by atoms with Crippen LogP contribution in [0.4, 0.5) is 5.95 Å². The highest BCUT2D eigenvalue weighted by Crippen LogP contribution is 2.22. The van der Waals surface area contributed by atoms with Crippen LogP contribution < -0.4 is 4.90 Å². The second kappa shape index (κ2) is 9.90. The molecule has 2 saturated heterocycles. The number of morpholine rings is 1. The monoisotopic (exact) mass is 432 g/mol. The van der Waals surface area contributed by atoms with Crippen LogP contribution in [-0.4, -0.2) is 84.3 Å². The van der Waals surface area contributed by atoms with Crippen LogP contribution in [0.15, 0.2) is 48.8 Å². The summed E-state index contributed by atoms with van der Waals surface area (Å²) in [6.45, 7) is 8.39. The van der Waals surface area contributed by atoms with Crippen molar-refractivity contribution in [3.05, 3.63) is 60.0 Å². The van der Waals surface area contributed by atoms with Crippen molar-refractivity contribution in [3.63, 3.8) is 0 Å². The first kappa shape index (κ1) is 21.2. The molecule has 32 heavy (non-hydrogen) atoms. The molecule has 7 heteroatoms. The molecule has 4 heterocycles. The number of ether oxygens (including phenoxy) is 1. The Bertz CT molecular complexity index is 1030. The van der Waals surface area contributed by atoms with Gasteiger partial charge in [-0.2, -0.15) is 0 Å². The van der Waals surface area contributed by atoms with Gasteiger partial charge in [0.25, 0.3) is 0 Å². The highest BCUT2D eigenvalue weighted by atomic mass is 16.5. The summed E-state index contributed by atoms with van der Waals surface area (Å²) >= 11 is 0. The van der Waals surface area contributed by atoms with Crippen molar-refractivity contribution in [2.45, 2.75) is 13.0 Å². The number of hydrogen-bond acceptors (Lipinski definition) is 7. The first-order valence-electron chi connectivity index (χ1n) is 11.6.